The second kappa shape index (κ2) is 5.34. The third kappa shape index (κ3) is 2.13. The number of hydrogen-bond donors (Lipinski definition) is 0. The minimum absolute atomic E-state index is 0.113. The van der Waals surface area contributed by atoms with E-state index in [1.54, 1.807) is 6.92 Å². The smallest absolute Gasteiger partial charge is 0.195 e. The van der Waals surface area contributed by atoms with Gasteiger partial charge < -0.3 is 0 Å². The second-order valence-electron chi connectivity index (χ2n) is 4.43. The van der Waals surface area contributed by atoms with Gasteiger partial charge >= 0.3 is 0 Å². The van der Waals surface area contributed by atoms with E-state index in [-0.39, 0.29) is 12.5 Å². The van der Waals surface area contributed by atoms with E-state index >= 15 is 0 Å². The molecule has 108 valence electrons. The van der Waals surface area contributed by atoms with Gasteiger partial charge in [-0.2, -0.15) is 0 Å². The van der Waals surface area contributed by atoms with Crippen LogP contribution in [-0.4, -0.2) is 0 Å². The highest BCUT2D eigenvalue weighted by Gasteiger charge is 2.26. The molecule has 0 nitrogen and oxygen atoms in total. The molecule has 0 N–H and O–H groups in total. The van der Waals surface area contributed by atoms with Crippen molar-refractivity contribution in [2.45, 2.75) is 26.2 Å². The van der Waals surface area contributed by atoms with Crippen LogP contribution in [0, 0.1) is 34.9 Å². The molecule has 2 aromatic carbocycles. The first-order chi connectivity index (χ1) is 9.40. The maximum absolute atomic E-state index is 13.8. The first kappa shape index (κ1) is 14.7. The van der Waals surface area contributed by atoms with E-state index in [2.05, 4.69) is 0 Å². The number of rotatable bonds is 3. The molecule has 0 spiro atoms. The number of hydrogen-bond acceptors (Lipinski definition) is 0. The van der Waals surface area contributed by atoms with Crippen molar-refractivity contribution in [3.05, 3.63) is 46.5 Å². The van der Waals surface area contributed by atoms with Crippen LogP contribution in [0.5, 0.6) is 0 Å². The van der Waals surface area contributed by atoms with Crippen LogP contribution < -0.4 is 0 Å². The SMILES string of the molecule is CCCCc1c(F)c(F)c(F)c2c(F)cc(F)c(F)c12. The summed E-state index contributed by atoms with van der Waals surface area (Å²) in [5.74, 6) is -9.95. The first-order valence-corrected chi connectivity index (χ1v) is 6.02. The summed E-state index contributed by atoms with van der Waals surface area (Å²) in [5.41, 5.74) is -0.545. The fourth-order valence-electron chi connectivity index (χ4n) is 2.13. The van der Waals surface area contributed by atoms with Gasteiger partial charge in [0, 0.05) is 17.0 Å². The molecule has 0 radical (unpaired) electrons. The number of benzene rings is 2. The topological polar surface area (TPSA) is 0 Å². The second-order valence-corrected chi connectivity index (χ2v) is 4.43. The third-order valence-corrected chi connectivity index (χ3v) is 3.12. The molecule has 0 bridgehead atoms. The lowest BCUT2D eigenvalue weighted by Gasteiger charge is -2.12. The summed E-state index contributed by atoms with van der Waals surface area (Å²) in [6, 6.07) is 0.113. The minimum Gasteiger partial charge on any atom is -0.206 e. The molecule has 0 aliphatic carbocycles. The Morgan fingerprint density at radius 3 is 2.00 bits per heavy atom. The summed E-state index contributed by atoms with van der Waals surface area (Å²) in [6.07, 6.45) is 0.768. The Morgan fingerprint density at radius 1 is 0.750 bits per heavy atom. The van der Waals surface area contributed by atoms with Gasteiger partial charge in [0.25, 0.3) is 0 Å². The van der Waals surface area contributed by atoms with Crippen LogP contribution >= 0.6 is 0 Å². The zero-order chi connectivity index (χ0) is 15.0. The summed E-state index contributed by atoms with van der Waals surface area (Å²) in [5, 5.41) is -1.93. The van der Waals surface area contributed by atoms with Crippen LogP contribution in [-0.2, 0) is 6.42 Å². The van der Waals surface area contributed by atoms with Crippen LogP contribution in [0.25, 0.3) is 10.8 Å². The average Bonchev–Trinajstić information content (AvgIpc) is 2.41. The molecule has 2 aromatic rings. The normalized spacial score (nSPS) is 11.3. The van der Waals surface area contributed by atoms with Gasteiger partial charge in [-0.25, -0.2) is 26.3 Å². The maximum Gasteiger partial charge on any atom is 0.195 e. The molecule has 2 rings (SSSR count). The van der Waals surface area contributed by atoms with E-state index in [4.69, 9.17) is 0 Å². The van der Waals surface area contributed by atoms with Crippen molar-refractivity contribution < 1.29 is 26.3 Å². The van der Waals surface area contributed by atoms with Crippen molar-refractivity contribution in [1.29, 1.82) is 0 Å². The first-order valence-electron chi connectivity index (χ1n) is 6.02. The predicted octanol–water partition coefficient (Wildman–Crippen LogP) is 5.02. The summed E-state index contributed by atoms with van der Waals surface area (Å²) in [7, 11) is 0. The minimum atomic E-state index is -1.88. The average molecular weight is 292 g/mol. The van der Waals surface area contributed by atoms with Gasteiger partial charge in [0.05, 0.1) is 5.39 Å². The monoisotopic (exact) mass is 292 g/mol. The van der Waals surface area contributed by atoms with E-state index in [1.807, 2.05) is 0 Å². The van der Waals surface area contributed by atoms with Gasteiger partial charge in [-0.1, -0.05) is 13.3 Å². The van der Waals surface area contributed by atoms with Crippen LogP contribution in [0.2, 0.25) is 0 Å². The predicted molar refractivity (Wildman–Crippen MR) is 62.3 cm³/mol. The fourth-order valence-corrected chi connectivity index (χ4v) is 2.13. The van der Waals surface area contributed by atoms with Gasteiger partial charge in [0.1, 0.15) is 5.82 Å². The van der Waals surface area contributed by atoms with Crippen molar-refractivity contribution in [2.24, 2.45) is 0 Å². The van der Waals surface area contributed by atoms with E-state index in [9.17, 15) is 26.3 Å². The standard InChI is InChI=1S/C14H10F6/c1-2-3-4-6-9-10(13(19)14(20)11(6)17)7(15)5-8(16)12(9)18/h5H,2-4H2,1H3. The van der Waals surface area contributed by atoms with Crippen LogP contribution in [0.1, 0.15) is 25.3 Å². The van der Waals surface area contributed by atoms with Crippen molar-refractivity contribution in [1.82, 2.24) is 0 Å². The van der Waals surface area contributed by atoms with E-state index in [1.165, 1.54) is 0 Å². The highest BCUT2D eigenvalue weighted by atomic mass is 19.2. The molecular formula is C14H10F6. The Labute approximate surface area is 111 Å². The molecule has 0 amide bonds. The molecule has 0 saturated heterocycles. The molecule has 6 heteroatoms. The number of halogens is 6. The van der Waals surface area contributed by atoms with Gasteiger partial charge in [0.2, 0.25) is 0 Å². The quantitative estimate of drug-likeness (QED) is 0.423. The largest absolute Gasteiger partial charge is 0.206 e. The van der Waals surface area contributed by atoms with Gasteiger partial charge in [0.15, 0.2) is 29.1 Å². The van der Waals surface area contributed by atoms with Crippen molar-refractivity contribution in [2.75, 3.05) is 0 Å². The lowest BCUT2D eigenvalue weighted by molar-refractivity contribution is 0.441. The summed E-state index contributed by atoms with van der Waals surface area (Å²) < 4.78 is 81.3. The molecule has 0 fully saturated rings. The summed E-state index contributed by atoms with van der Waals surface area (Å²) >= 11 is 0. The number of fused-ring (bicyclic) bond motifs is 1. The van der Waals surface area contributed by atoms with Crippen LogP contribution in [0.15, 0.2) is 6.07 Å². The van der Waals surface area contributed by atoms with E-state index < -0.39 is 51.2 Å². The number of aryl methyl sites for hydroxylation is 1. The Hall–Kier alpha value is -1.72. The van der Waals surface area contributed by atoms with Crippen LogP contribution in [0.4, 0.5) is 26.3 Å². The molecule has 0 aliphatic rings. The van der Waals surface area contributed by atoms with Gasteiger partial charge in [-0.3, -0.25) is 0 Å². The Kier molecular flexibility index (Phi) is 3.92. The summed E-state index contributed by atoms with van der Waals surface area (Å²) in [6.45, 7) is 1.75. The molecule has 0 aliphatic heterocycles. The third-order valence-electron chi connectivity index (χ3n) is 3.12. The summed E-state index contributed by atoms with van der Waals surface area (Å²) in [4.78, 5) is 0. The van der Waals surface area contributed by atoms with Crippen molar-refractivity contribution in [3.63, 3.8) is 0 Å². The number of unbranched alkanes of at least 4 members (excludes halogenated alkanes) is 1. The van der Waals surface area contributed by atoms with Crippen molar-refractivity contribution in [3.8, 4) is 0 Å². The Bertz CT molecular complexity index is 678. The Morgan fingerprint density at radius 2 is 1.40 bits per heavy atom. The highest BCUT2D eigenvalue weighted by molar-refractivity contribution is 5.88. The van der Waals surface area contributed by atoms with Crippen molar-refractivity contribution >= 4 is 10.8 Å². The maximum atomic E-state index is 13.8. The van der Waals surface area contributed by atoms with Gasteiger partial charge in [-0.05, 0) is 12.8 Å². The molecule has 0 atom stereocenters. The van der Waals surface area contributed by atoms with E-state index in [0.717, 1.165) is 0 Å². The zero-order valence-electron chi connectivity index (χ0n) is 10.5. The molecule has 0 unspecified atom stereocenters. The lowest BCUT2D eigenvalue weighted by Crippen LogP contribution is -2.05. The molecule has 0 saturated carbocycles. The van der Waals surface area contributed by atoms with Gasteiger partial charge in [-0.15, -0.1) is 0 Å². The van der Waals surface area contributed by atoms with E-state index in [0.29, 0.717) is 12.8 Å². The Balaban J connectivity index is 2.95. The molecular weight excluding hydrogens is 282 g/mol. The lowest BCUT2D eigenvalue weighted by atomic mass is 9.97. The fraction of sp³-hybridized carbons (Fsp3) is 0.286. The molecule has 0 aromatic heterocycles. The molecule has 0 heterocycles. The van der Waals surface area contributed by atoms with Crippen LogP contribution in [0.3, 0.4) is 0 Å². The highest BCUT2D eigenvalue weighted by Crippen LogP contribution is 2.33. The zero-order valence-corrected chi connectivity index (χ0v) is 10.5. The molecule has 20 heavy (non-hydrogen) atoms.